The van der Waals surface area contributed by atoms with Crippen LogP contribution in [-0.2, 0) is 13.1 Å². The summed E-state index contributed by atoms with van der Waals surface area (Å²) in [5.74, 6) is 0.295. The van der Waals surface area contributed by atoms with Gasteiger partial charge >= 0.3 is 0 Å². The van der Waals surface area contributed by atoms with E-state index in [0.717, 1.165) is 19.1 Å². The topological polar surface area (TPSA) is 37.2 Å². The quantitative estimate of drug-likeness (QED) is 0.835. The fourth-order valence-corrected chi connectivity index (χ4v) is 2.44. The van der Waals surface area contributed by atoms with Crippen molar-refractivity contribution in [3.8, 4) is 0 Å². The predicted molar refractivity (Wildman–Crippen MR) is 78.0 cm³/mol. The van der Waals surface area contributed by atoms with Crippen LogP contribution in [0.1, 0.15) is 25.3 Å². The molecule has 0 aliphatic heterocycles. The number of hydrogen-bond acceptors (Lipinski definition) is 2. The van der Waals surface area contributed by atoms with Gasteiger partial charge in [0.25, 0.3) is 0 Å². The van der Waals surface area contributed by atoms with Crippen molar-refractivity contribution in [2.24, 2.45) is 5.92 Å². The molecule has 0 spiro atoms. The van der Waals surface area contributed by atoms with Crippen molar-refractivity contribution in [1.82, 2.24) is 9.88 Å². The minimum atomic E-state index is 0.239. The first-order valence-corrected chi connectivity index (χ1v) is 7.18. The third kappa shape index (κ3) is 2.99. The van der Waals surface area contributed by atoms with E-state index in [2.05, 4.69) is 47.3 Å². The molecule has 1 saturated carbocycles. The summed E-state index contributed by atoms with van der Waals surface area (Å²) >= 11 is 0. The lowest BCUT2D eigenvalue weighted by Crippen LogP contribution is -2.15. The van der Waals surface area contributed by atoms with E-state index in [1.807, 2.05) is 0 Å². The SMILES string of the molecule is CC(CO)Cn1ccc2ccc(CNC3CC3)cc21. The number of hydrogen-bond donors (Lipinski definition) is 2. The van der Waals surface area contributed by atoms with Crippen LogP contribution in [0.3, 0.4) is 0 Å². The Morgan fingerprint density at radius 1 is 1.37 bits per heavy atom. The van der Waals surface area contributed by atoms with Gasteiger partial charge in [0.15, 0.2) is 0 Å². The first kappa shape index (κ1) is 12.7. The largest absolute Gasteiger partial charge is 0.396 e. The molecule has 19 heavy (non-hydrogen) atoms. The van der Waals surface area contributed by atoms with Gasteiger partial charge in [-0.25, -0.2) is 0 Å². The molecular weight excluding hydrogens is 236 g/mol. The first-order valence-electron chi connectivity index (χ1n) is 7.18. The van der Waals surface area contributed by atoms with E-state index >= 15 is 0 Å². The van der Waals surface area contributed by atoms with Gasteiger partial charge in [0.2, 0.25) is 0 Å². The number of rotatable bonds is 6. The Hall–Kier alpha value is -1.32. The van der Waals surface area contributed by atoms with Crippen molar-refractivity contribution in [2.45, 2.75) is 38.9 Å². The average molecular weight is 258 g/mol. The molecule has 0 bridgehead atoms. The van der Waals surface area contributed by atoms with E-state index in [9.17, 15) is 5.11 Å². The molecule has 0 amide bonds. The molecule has 0 radical (unpaired) electrons. The number of nitrogens with one attached hydrogen (secondary N) is 1. The van der Waals surface area contributed by atoms with Gasteiger partial charge in [-0.3, -0.25) is 0 Å². The summed E-state index contributed by atoms with van der Waals surface area (Å²) in [6, 6.07) is 9.57. The van der Waals surface area contributed by atoms with Crippen LogP contribution in [0.25, 0.3) is 10.9 Å². The number of benzene rings is 1. The van der Waals surface area contributed by atoms with Crippen molar-refractivity contribution >= 4 is 10.9 Å². The molecule has 1 aliphatic carbocycles. The third-order valence-corrected chi connectivity index (χ3v) is 3.83. The van der Waals surface area contributed by atoms with Gasteiger partial charge in [0.05, 0.1) is 0 Å². The molecule has 1 fully saturated rings. The van der Waals surface area contributed by atoms with Gasteiger partial charge in [-0.15, -0.1) is 0 Å². The van der Waals surface area contributed by atoms with Crippen LogP contribution < -0.4 is 5.32 Å². The summed E-state index contributed by atoms with van der Waals surface area (Å²) in [6.07, 6.45) is 4.77. The maximum Gasteiger partial charge on any atom is 0.0483 e. The molecule has 1 aromatic heterocycles. The summed E-state index contributed by atoms with van der Waals surface area (Å²) in [5.41, 5.74) is 2.62. The van der Waals surface area contributed by atoms with E-state index in [1.54, 1.807) is 0 Å². The molecule has 1 unspecified atom stereocenters. The highest BCUT2D eigenvalue weighted by molar-refractivity contribution is 5.80. The number of fused-ring (bicyclic) bond motifs is 1. The van der Waals surface area contributed by atoms with Crippen molar-refractivity contribution < 1.29 is 5.11 Å². The number of nitrogens with zero attached hydrogens (tertiary/aromatic N) is 1. The molecule has 102 valence electrons. The van der Waals surface area contributed by atoms with Crippen LogP contribution >= 0.6 is 0 Å². The standard InChI is InChI=1S/C16H22N2O/c1-12(11-19)10-18-7-6-14-3-2-13(8-16(14)18)9-17-15-4-5-15/h2-3,6-8,12,15,17,19H,4-5,9-11H2,1H3. The molecule has 0 saturated heterocycles. The molecule has 2 N–H and O–H groups in total. The van der Waals surface area contributed by atoms with E-state index in [-0.39, 0.29) is 6.61 Å². The number of aromatic nitrogens is 1. The maximum absolute atomic E-state index is 9.19. The Balaban J connectivity index is 1.80. The fraction of sp³-hybridized carbons (Fsp3) is 0.500. The molecule has 1 aromatic carbocycles. The molecule has 1 heterocycles. The second-order valence-electron chi connectivity index (χ2n) is 5.80. The second-order valence-corrected chi connectivity index (χ2v) is 5.80. The van der Waals surface area contributed by atoms with Crippen molar-refractivity contribution in [2.75, 3.05) is 6.61 Å². The summed E-state index contributed by atoms with van der Waals surface area (Å²) < 4.78 is 2.25. The summed E-state index contributed by atoms with van der Waals surface area (Å²) in [4.78, 5) is 0. The Morgan fingerprint density at radius 3 is 2.95 bits per heavy atom. The van der Waals surface area contributed by atoms with E-state index in [0.29, 0.717) is 5.92 Å². The highest BCUT2D eigenvalue weighted by Crippen LogP contribution is 2.22. The lowest BCUT2D eigenvalue weighted by atomic mass is 10.1. The molecular formula is C16H22N2O. The molecule has 3 rings (SSSR count). The van der Waals surface area contributed by atoms with Gasteiger partial charge in [-0.2, -0.15) is 0 Å². The molecule has 3 heteroatoms. The van der Waals surface area contributed by atoms with Crippen LogP contribution in [0, 0.1) is 5.92 Å². The highest BCUT2D eigenvalue weighted by atomic mass is 16.3. The Bertz CT molecular complexity index is 557. The van der Waals surface area contributed by atoms with E-state index in [1.165, 1.54) is 29.3 Å². The fourth-order valence-electron chi connectivity index (χ4n) is 2.44. The molecule has 2 aromatic rings. The summed E-state index contributed by atoms with van der Waals surface area (Å²) in [6.45, 7) is 4.15. The van der Waals surface area contributed by atoms with Crippen LogP contribution in [0.2, 0.25) is 0 Å². The molecule has 1 atom stereocenters. The van der Waals surface area contributed by atoms with Gasteiger partial charge in [0, 0.05) is 37.5 Å². The van der Waals surface area contributed by atoms with Crippen LogP contribution in [0.4, 0.5) is 0 Å². The average Bonchev–Trinajstić information content (AvgIpc) is 3.18. The zero-order valence-corrected chi connectivity index (χ0v) is 11.5. The zero-order valence-electron chi connectivity index (χ0n) is 11.5. The van der Waals surface area contributed by atoms with Gasteiger partial charge in [-0.1, -0.05) is 19.1 Å². The third-order valence-electron chi connectivity index (χ3n) is 3.83. The summed E-state index contributed by atoms with van der Waals surface area (Å²) in [5, 5.41) is 14.0. The smallest absolute Gasteiger partial charge is 0.0483 e. The molecule has 3 nitrogen and oxygen atoms in total. The van der Waals surface area contributed by atoms with E-state index < -0.39 is 0 Å². The van der Waals surface area contributed by atoms with Crippen molar-refractivity contribution in [3.63, 3.8) is 0 Å². The minimum absolute atomic E-state index is 0.239. The van der Waals surface area contributed by atoms with Crippen LogP contribution in [0.15, 0.2) is 30.5 Å². The number of aliphatic hydroxyl groups excluding tert-OH is 1. The van der Waals surface area contributed by atoms with E-state index in [4.69, 9.17) is 0 Å². The first-order chi connectivity index (χ1) is 9.26. The molecule has 1 aliphatic rings. The Morgan fingerprint density at radius 2 is 2.21 bits per heavy atom. The van der Waals surface area contributed by atoms with Crippen LogP contribution in [-0.4, -0.2) is 22.3 Å². The van der Waals surface area contributed by atoms with Gasteiger partial charge in [-0.05, 0) is 41.8 Å². The predicted octanol–water partition coefficient (Wildman–Crippen LogP) is 2.52. The van der Waals surface area contributed by atoms with Crippen molar-refractivity contribution in [3.05, 3.63) is 36.0 Å². The lowest BCUT2D eigenvalue weighted by Gasteiger charge is -2.11. The van der Waals surface area contributed by atoms with Crippen molar-refractivity contribution in [1.29, 1.82) is 0 Å². The monoisotopic (exact) mass is 258 g/mol. The van der Waals surface area contributed by atoms with Crippen LogP contribution in [0.5, 0.6) is 0 Å². The number of aliphatic hydroxyl groups is 1. The Kier molecular flexibility index (Phi) is 3.58. The minimum Gasteiger partial charge on any atom is -0.396 e. The lowest BCUT2D eigenvalue weighted by molar-refractivity contribution is 0.224. The summed E-state index contributed by atoms with van der Waals surface area (Å²) in [7, 11) is 0. The Labute approximate surface area is 114 Å². The normalized spacial score (nSPS) is 16.9. The van der Waals surface area contributed by atoms with Gasteiger partial charge < -0.3 is 15.0 Å². The second kappa shape index (κ2) is 5.35. The highest BCUT2D eigenvalue weighted by Gasteiger charge is 2.19. The maximum atomic E-state index is 9.19. The van der Waals surface area contributed by atoms with Gasteiger partial charge in [0.1, 0.15) is 0 Å². The zero-order chi connectivity index (χ0) is 13.2.